The van der Waals surface area contributed by atoms with E-state index < -0.39 is 0 Å². The molecule has 0 radical (unpaired) electrons. The van der Waals surface area contributed by atoms with Crippen LogP contribution in [0.25, 0.3) is 11.1 Å². The number of benzene rings is 1. The normalized spacial score (nSPS) is 17.5. The third kappa shape index (κ3) is 3.44. The van der Waals surface area contributed by atoms with E-state index in [1.54, 1.807) is 12.4 Å². The van der Waals surface area contributed by atoms with Crippen LogP contribution in [-0.2, 0) is 0 Å². The Labute approximate surface area is 146 Å². The van der Waals surface area contributed by atoms with E-state index in [-0.39, 0.29) is 18.4 Å². The van der Waals surface area contributed by atoms with Crippen LogP contribution in [0.1, 0.15) is 0 Å². The van der Waals surface area contributed by atoms with Crippen molar-refractivity contribution in [2.75, 3.05) is 31.1 Å². The van der Waals surface area contributed by atoms with Gasteiger partial charge in [-0.25, -0.2) is 0 Å². The lowest BCUT2D eigenvalue weighted by atomic mass is 10.2. The Morgan fingerprint density at radius 1 is 1.25 bits per heavy atom. The zero-order chi connectivity index (χ0) is 15.5. The van der Waals surface area contributed by atoms with Crippen molar-refractivity contribution < 1.29 is 9.15 Å². The van der Waals surface area contributed by atoms with Crippen LogP contribution >= 0.6 is 12.4 Å². The minimum atomic E-state index is 0. The van der Waals surface area contributed by atoms with Crippen LogP contribution in [-0.4, -0.2) is 42.3 Å². The summed E-state index contributed by atoms with van der Waals surface area (Å²) in [5.41, 5.74) is 1.70. The lowest BCUT2D eigenvalue weighted by Gasteiger charge is -2.34. The average Bonchev–Trinajstić information content (AvgIpc) is 3.05. The minimum Gasteiger partial charge on any atom is -0.490 e. The second-order valence-corrected chi connectivity index (χ2v) is 5.52. The number of rotatable bonds is 4. The summed E-state index contributed by atoms with van der Waals surface area (Å²) in [7, 11) is 0. The Hall–Kier alpha value is -2.31. The zero-order valence-corrected chi connectivity index (χ0v) is 13.9. The van der Waals surface area contributed by atoms with Crippen molar-refractivity contribution in [1.29, 1.82) is 0 Å². The molecule has 0 bridgehead atoms. The predicted octanol–water partition coefficient (Wildman–Crippen LogP) is 2.50. The topological polar surface area (TPSA) is 63.4 Å². The van der Waals surface area contributed by atoms with Gasteiger partial charge in [-0.3, -0.25) is 4.98 Å². The number of nitrogens with one attached hydrogen (secondary N) is 1. The summed E-state index contributed by atoms with van der Waals surface area (Å²) in [6.07, 6.45) is 3.46. The van der Waals surface area contributed by atoms with Crippen molar-refractivity contribution in [3.63, 3.8) is 0 Å². The standard InChI is InChI=1S/C17H18N4O2.ClH/c1-2-6-16-15(5-1)20-17(23-16)21-9-8-19-10-13(21)12-22-14-4-3-7-18-11-14;/h1-7,11,13,19H,8-10,12H2;1H. The molecule has 126 valence electrons. The Morgan fingerprint density at radius 3 is 3.00 bits per heavy atom. The number of hydrogen-bond acceptors (Lipinski definition) is 6. The lowest BCUT2D eigenvalue weighted by molar-refractivity contribution is 0.261. The zero-order valence-electron chi connectivity index (χ0n) is 13.1. The fourth-order valence-corrected chi connectivity index (χ4v) is 2.77. The summed E-state index contributed by atoms with van der Waals surface area (Å²) in [6, 6.07) is 12.4. The molecule has 7 heteroatoms. The summed E-state index contributed by atoms with van der Waals surface area (Å²) in [5, 5.41) is 3.40. The van der Waals surface area contributed by atoms with Crippen LogP contribution in [0.15, 0.2) is 53.2 Å². The van der Waals surface area contributed by atoms with Gasteiger partial charge in [-0.2, -0.15) is 4.98 Å². The quantitative estimate of drug-likeness (QED) is 0.783. The van der Waals surface area contributed by atoms with Gasteiger partial charge >= 0.3 is 0 Å². The molecule has 24 heavy (non-hydrogen) atoms. The molecule has 0 spiro atoms. The summed E-state index contributed by atoms with van der Waals surface area (Å²) in [6.45, 7) is 3.13. The van der Waals surface area contributed by atoms with Gasteiger partial charge in [0.2, 0.25) is 0 Å². The molecule has 2 aromatic heterocycles. The van der Waals surface area contributed by atoms with Crippen molar-refractivity contribution in [3.8, 4) is 5.75 Å². The number of para-hydroxylation sites is 2. The highest BCUT2D eigenvalue weighted by molar-refractivity contribution is 5.85. The number of oxazole rings is 1. The Bertz CT molecular complexity index is 747. The van der Waals surface area contributed by atoms with Crippen LogP contribution < -0.4 is 15.0 Å². The molecule has 0 amide bonds. The molecule has 3 aromatic rings. The van der Waals surface area contributed by atoms with Gasteiger partial charge in [0, 0.05) is 25.8 Å². The Morgan fingerprint density at radius 2 is 2.17 bits per heavy atom. The van der Waals surface area contributed by atoms with Crippen LogP contribution in [0.3, 0.4) is 0 Å². The molecule has 0 aliphatic carbocycles. The molecule has 1 aliphatic heterocycles. The number of hydrogen-bond donors (Lipinski definition) is 1. The molecule has 1 N–H and O–H groups in total. The molecular formula is C17H19ClN4O2. The molecule has 1 fully saturated rings. The average molecular weight is 347 g/mol. The van der Waals surface area contributed by atoms with E-state index in [2.05, 4.69) is 20.2 Å². The molecule has 1 aliphatic rings. The van der Waals surface area contributed by atoms with Gasteiger partial charge in [-0.1, -0.05) is 12.1 Å². The highest BCUT2D eigenvalue weighted by atomic mass is 35.5. The second-order valence-electron chi connectivity index (χ2n) is 5.52. The molecule has 4 rings (SSSR count). The van der Waals surface area contributed by atoms with E-state index >= 15 is 0 Å². The maximum absolute atomic E-state index is 5.91. The number of fused-ring (bicyclic) bond motifs is 1. The van der Waals surface area contributed by atoms with Crippen molar-refractivity contribution in [2.45, 2.75) is 6.04 Å². The number of piperazine rings is 1. The number of aromatic nitrogens is 2. The van der Waals surface area contributed by atoms with E-state index in [1.807, 2.05) is 36.4 Å². The third-order valence-electron chi connectivity index (χ3n) is 3.96. The van der Waals surface area contributed by atoms with Crippen molar-refractivity contribution in [2.24, 2.45) is 0 Å². The first-order valence-electron chi connectivity index (χ1n) is 7.76. The van der Waals surface area contributed by atoms with Crippen molar-refractivity contribution in [1.82, 2.24) is 15.3 Å². The first-order valence-corrected chi connectivity index (χ1v) is 7.76. The van der Waals surface area contributed by atoms with E-state index in [4.69, 9.17) is 9.15 Å². The predicted molar refractivity (Wildman–Crippen MR) is 95.0 cm³/mol. The molecule has 3 heterocycles. The number of nitrogens with zero attached hydrogens (tertiary/aromatic N) is 3. The summed E-state index contributed by atoms with van der Waals surface area (Å²) >= 11 is 0. The summed E-state index contributed by atoms with van der Waals surface area (Å²) in [5.74, 6) is 0.774. The van der Waals surface area contributed by atoms with Gasteiger partial charge in [-0.05, 0) is 24.3 Å². The molecule has 1 atom stereocenters. The van der Waals surface area contributed by atoms with E-state index in [0.717, 1.165) is 36.5 Å². The number of halogens is 1. The fourth-order valence-electron chi connectivity index (χ4n) is 2.77. The van der Waals surface area contributed by atoms with Gasteiger partial charge in [-0.15, -0.1) is 12.4 Å². The molecule has 1 unspecified atom stereocenters. The van der Waals surface area contributed by atoms with Crippen LogP contribution in [0, 0.1) is 0 Å². The highest BCUT2D eigenvalue weighted by Crippen LogP contribution is 2.24. The maximum Gasteiger partial charge on any atom is 0.298 e. The smallest absolute Gasteiger partial charge is 0.298 e. The number of anilines is 1. The minimum absolute atomic E-state index is 0. The number of pyridine rings is 1. The van der Waals surface area contributed by atoms with Crippen molar-refractivity contribution >= 4 is 29.5 Å². The van der Waals surface area contributed by atoms with E-state index in [0.29, 0.717) is 12.6 Å². The van der Waals surface area contributed by atoms with Gasteiger partial charge in [0.1, 0.15) is 17.9 Å². The largest absolute Gasteiger partial charge is 0.490 e. The first-order chi connectivity index (χ1) is 11.4. The van der Waals surface area contributed by atoms with Gasteiger partial charge < -0.3 is 19.4 Å². The summed E-state index contributed by atoms with van der Waals surface area (Å²) in [4.78, 5) is 10.8. The number of ether oxygens (including phenoxy) is 1. The van der Waals surface area contributed by atoms with Gasteiger partial charge in [0.15, 0.2) is 5.58 Å². The van der Waals surface area contributed by atoms with Gasteiger partial charge in [0.05, 0.1) is 12.2 Å². The van der Waals surface area contributed by atoms with E-state index in [9.17, 15) is 0 Å². The monoisotopic (exact) mass is 346 g/mol. The van der Waals surface area contributed by atoms with Crippen LogP contribution in [0.4, 0.5) is 6.01 Å². The SMILES string of the molecule is Cl.c1cncc(OCC2CNCCN2c2nc3ccccc3o2)c1. The molecule has 1 saturated heterocycles. The molecular weight excluding hydrogens is 328 g/mol. The maximum atomic E-state index is 5.91. The third-order valence-corrected chi connectivity index (χ3v) is 3.96. The van der Waals surface area contributed by atoms with Crippen molar-refractivity contribution in [3.05, 3.63) is 48.8 Å². The second kappa shape index (κ2) is 7.51. The summed E-state index contributed by atoms with van der Waals surface area (Å²) < 4.78 is 11.8. The highest BCUT2D eigenvalue weighted by Gasteiger charge is 2.26. The fraction of sp³-hybridized carbons (Fsp3) is 0.294. The lowest BCUT2D eigenvalue weighted by Crippen LogP contribution is -2.54. The van der Waals surface area contributed by atoms with Crippen LogP contribution in [0.5, 0.6) is 5.75 Å². The van der Waals surface area contributed by atoms with Crippen LogP contribution in [0.2, 0.25) is 0 Å². The first kappa shape index (κ1) is 16.5. The molecule has 6 nitrogen and oxygen atoms in total. The van der Waals surface area contributed by atoms with E-state index in [1.165, 1.54) is 0 Å². The Kier molecular flexibility index (Phi) is 5.17. The molecule has 1 aromatic carbocycles. The Balaban J connectivity index is 0.00000169. The molecule has 0 saturated carbocycles. The van der Waals surface area contributed by atoms with Gasteiger partial charge in [0.25, 0.3) is 6.01 Å².